The molecule has 0 rings (SSSR count). The number of carboxylic acid groups (broad SMARTS) is 1. The normalized spacial score (nSPS) is 12.7. The lowest BCUT2D eigenvalue weighted by molar-refractivity contribution is -0.144. The second-order valence-electron chi connectivity index (χ2n) is 6.16. The van der Waals surface area contributed by atoms with Crippen LogP contribution in [0.25, 0.3) is 0 Å². The quantitative estimate of drug-likeness (QED) is 0.724. The number of esters is 1. The highest BCUT2D eigenvalue weighted by Crippen LogP contribution is 2.15. The number of rotatable bonds is 6. The highest BCUT2D eigenvalue weighted by atomic mass is 16.5. The van der Waals surface area contributed by atoms with Gasteiger partial charge in [0.15, 0.2) is 0 Å². The van der Waals surface area contributed by atoms with Gasteiger partial charge in [-0.05, 0) is 26.7 Å². The number of carboxylic acids is 1. The summed E-state index contributed by atoms with van der Waals surface area (Å²) in [5.41, 5.74) is -0.558. The van der Waals surface area contributed by atoms with Crippen molar-refractivity contribution in [2.45, 2.75) is 52.6 Å². The molecule has 0 aliphatic rings. The lowest BCUT2D eigenvalue weighted by atomic mass is 10.0. The molecule has 2 amide bonds. The van der Waals surface area contributed by atoms with Crippen LogP contribution in [0.1, 0.15) is 41.0 Å². The summed E-state index contributed by atoms with van der Waals surface area (Å²) in [5.74, 6) is -1.64. The maximum absolute atomic E-state index is 12.4. The van der Waals surface area contributed by atoms with Gasteiger partial charge in [0, 0.05) is 12.1 Å². The van der Waals surface area contributed by atoms with E-state index in [1.54, 1.807) is 34.6 Å². The molecule has 0 aliphatic heterocycles. The third kappa shape index (κ3) is 6.46. The largest absolute Gasteiger partial charge is 0.481 e. The molecule has 1 unspecified atom stereocenters. The van der Waals surface area contributed by atoms with E-state index >= 15 is 0 Å². The van der Waals surface area contributed by atoms with Gasteiger partial charge < -0.3 is 20.1 Å². The van der Waals surface area contributed by atoms with Crippen LogP contribution in [0.15, 0.2) is 0 Å². The Labute approximate surface area is 125 Å². The number of carbonyl (C=O) groups excluding carboxylic acids is 2. The van der Waals surface area contributed by atoms with Crippen LogP contribution in [-0.4, -0.2) is 53.2 Å². The van der Waals surface area contributed by atoms with Crippen molar-refractivity contribution in [1.82, 2.24) is 10.2 Å². The van der Waals surface area contributed by atoms with Gasteiger partial charge in [-0.2, -0.15) is 0 Å². The Hall–Kier alpha value is -1.79. The molecular formula is C14H26N2O5. The third-order valence-electron chi connectivity index (χ3n) is 3.00. The molecule has 0 fully saturated rings. The molecule has 0 aromatic rings. The minimum Gasteiger partial charge on any atom is -0.481 e. The van der Waals surface area contributed by atoms with E-state index in [-0.39, 0.29) is 18.9 Å². The van der Waals surface area contributed by atoms with Gasteiger partial charge in [-0.3, -0.25) is 4.79 Å². The molecule has 0 aromatic heterocycles. The second kappa shape index (κ2) is 7.85. The van der Waals surface area contributed by atoms with Gasteiger partial charge >= 0.3 is 18.0 Å². The highest BCUT2D eigenvalue weighted by Gasteiger charge is 2.31. The fourth-order valence-corrected chi connectivity index (χ4v) is 1.78. The topological polar surface area (TPSA) is 95.9 Å². The molecule has 0 saturated heterocycles. The summed E-state index contributed by atoms with van der Waals surface area (Å²) in [5, 5.41) is 11.4. The molecule has 7 heteroatoms. The Bertz CT molecular complexity index is 387. The second-order valence-corrected chi connectivity index (χ2v) is 6.16. The summed E-state index contributed by atoms with van der Waals surface area (Å²) >= 11 is 0. The minimum absolute atomic E-state index is 0.0661. The maximum Gasteiger partial charge on any atom is 0.328 e. The standard InChI is InChI=1S/C14H26N2O5/c1-9(2)11(12(19)21-6)15-13(20)16(14(3,4)5)8-7-10(17)18/h9,11H,7-8H2,1-6H3,(H,15,20)(H,17,18). The Morgan fingerprint density at radius 3 is 2.10 bits per heavy atom. The van der Waals surface area contributed by atoms with Crippen molar-refractivity contribution in [3.63, 3.8) is 0 Å². The predicted molar refractivity (Wildman–Crippen MR) is 77.9 cm³/mol. The van der Waals surface area contributed by atoms with Crippen molar-refractivity contribution >= 4 is 18.0 Å². The summed E-state index contributed by atoms with van der Waals surface area (Å²) in [4.78, 5) is 36.1. The molecule has 2 N–H and O–H groups in total. The highest BCUT2D eigenvalue weighted by molar-refractivity contribution is 5.84. The van der Waals surface area contributed by atoms with E-state index in [4.69, 9.17) is 5.11 Å². The van der Waals surface area contributed by atoms with Crippen molar-refractivity contribution in [3.05, 3.63) is 0 Å². The van der Waals surface area contributed by atoms with E-state index < -0.39 is 29.6 Å². The zero-order valence-electron chi connectivity index (χ0n) is 13.6. The predicted octanol–water partition coefficient (Wildman–Crippen LogP) is 1.47. The summed E-state index contributed by atoms with van der Waals surface area (Å²) in [6.07, 6.45) is -0.157. The van der Waals surface area contributed by atoms with Gasteiger partial charge in [-0.15, -0.1) is 0 Å². The lowest BCUT2D eigenvalue weighted by Gasteiger charge is -2.36. The molecular weight excluding hydrogens is 276 g/mol. The first kappa shape index (κ1) is 19.2. The summed E-state index contributed by atoms with van der Waals surface area (Å²) in [6.45, 7) is 9.06. The van der Waals surface area contributed by atoms with Crippen LogP contribution in [0.5, 0.6) is 0 Å². The summed E-state index contributed by atoms with van der Waals surface area (Å²) < 4.78 is 4.67. The molecule has 1 atom stereocenters. The maximum atomic E-state index is 12.4. The van der Waals surface area contributed by atoms with Gasteiger partial charge in [-0.25, -0.2) is 9.59 Å². The SMILES string of the molecule is COC(=O)C(NC(=O)N(CCC(=O)O)C(C)(C)C)C(C)C. The van der Waals surface area contributed by atoms with Crippen LogP contribution >= 0.6 is 0 Å². The first-order valence-corrected chi connectivity index (χ1v) is 6.88. The van der Waals surface area contributed by atoms with Crippen LogP contribution in [0.3, 0.4) is 0 Å². The first-order chi connectivity index (χ1) is 9.50. The number of methoxy groups -OCH3 is 1. The molecule has 0 spiro atoms. The molecule has 7 nitrogen and oxygen atoms in total. The molecule has 0 radical (unpaired) electrons. The zero-order valence-corrected chi connectivity index (χ0v) is 13.6. The van der Waals surface area contributed by atoms with Crippen LogP contribution in [-0.2, 0) is 14.3 Å². The summed E-state index contributed by atoms with van der Waals surface area (Å²) in [6, 6.07) is -1.25. The Morgan fingerprint density at radius 1 is 1.24 bits per heavy atom. The molecule has 0 aromatic carbocycles. The number of amides is 2. The molecule has 0 saturated carbocycles. The van der Waals surface area contributed by atoms with Gasteiger partial charge in [0.05, 0.1) is 13.5 Å². The van der Waals surface area contributed by atoms with Gasteiger partial charge in [0.25, 0.3) is 0 Å². The molecule has 0 aliphatic carbocycles. The smallest absolute Gasteiger partial charge is 0.328 e. The molecule has 21 heavy (non-hydrogen) atoms. The van der Waals surface area contributed by atoms with Crippen LogP contribution in [0, 0.1) is 5.92 Å². The fraction of sp³-hybridized carbons (Fsp3) is 0.786. The van der Waals surface area contributed by atoms with Crippen molar-refractivity contribution in [2.75, 3.05) is 13.7 Å². The molecule has 0 bridgehead atoms. The zero-order chi connectivity index (χ0) is 16.8. The number of urea groups is 1. The fourth-order valence-electron chi connectivity index (χ4n) is 1.78. The van der Waals surface area contributed by atoms with E-state index in [0.717, 1.165) is 0 Å². The number of ether oxygens (including phenoxy) is 1. The Morgan fingerprint density at radius 2 is 1.76 bits per heavy atom. The third-order valence-corrected chi connectivity index (χ3v) is 3.00. The number of nitrogens with zero attached hydrogens (tertiary/aromatic N) is 1. The number of carbonyl (C=O) groups is 3. The number of hydrogen-bond acceptors (Lipinski definition) is 4. The average Bonchev–Trinajstić information content (AvgIpc) is 2.32. The van der Waals surface area contributed by atoms with E-state index in [2.05, 4.69) is 10.1 Å². The molecule has 0 heterocycles. The van der Waals surface area contributed by atoms with Crippen molar-refractivity contribution < 1.29 is 24.2 Å². The first-order valence-electron chi connectivity index (χ1n) is 6.88. The van der Waals surface area contributed by atoms with Crippen molar-refractivity contribution in [2.24, 2.45) is 5.92 Å². The number of aliphatic carboxylic acids is 1. The lowest BCUT2D eigenvalue weighted by Crippen LogP contribution is -2.56. The van der Waals surface area contributed by atoms with E-state index in [1.807, 2.05) is 0 Å². The van der Waals surface area contributed by atoms with Crippen molar-refractivity contribution in [3.8, 4) is 0 Å². The van der Waals surface area contributed by atoms with Gasteiger partial charge in [0.1, 0.15) is 6.04 Å². The monoisotopic (exact) mass is 302 g/mol. The van der Waals surface area contributed by atoms with Crippen LogP contribution < -0.4 is 5.32 Å². The number of hydrogen-bond donors (Lipinski definition) is 2. The van der Waals surface area contributed by atoms with Crippen LogP contribution in [0.4, 0.5) is 4.79 Å². The van der Waals surface area contributed by atoms with E-state index in [9.17, 15) is 14.4 Å². The van der Waals surface area contributed by atoms with Gasteiger partial charge in [0.2, 0.25) is 0 Å². The van der Waals surface area contributed by atoms with Gasteiger partial charge in [-0.1, -0.05) is 13.8 Å². The Balaban J connectivity index is 5.02. The average molecular weight is 302 g/mol. The van der Waals surface area contributed by atoms with E-state index in [0.29, 0.717) is 0 Å². The van der Waals surface area contributed by atoms with E-state index in [1.165, 1.54) is 12.0 Å². The summed E-state index contributed by atoms with van der Waals surface area (Å²) in [7, 11) is 1.26. The number of nitrogens with one attached hydrogen (secondary N) is 1. The Kier molecular flexibility index (Phi) is 7.18. The minimum atomic E-state index is -0.981. The van der Waals surface area contributed by atoms with Crippen LogP contribution in [0.2, 0.25) is 0 Å². The van der Waals surface area contributed by atoms with Crippen molar-refractivity contribution in [1.29, 1.82) is 0 Å². The molecule has 122 valence electrons.